The average Bonchev–Trinajstić information content (AvgIpc) is 3.01. The van der Waals surface area contributed by atoms with E-state index in [1.807, 2.05) is 6.92 Å². The maximum atomic E-state index is 12.2. The van der Waals surface area contributed by atoms with E-state index in [1.165, 1.54) is 17.2 Å². The molecule has 2 atom stereocenters. The lowest BCUT2D eigenvalue weighted by atomic mass is 9.92. The van der Waals surface area contributed by atoms with Gasteiger partial charge < -0.3 is 19.7 Å². The number of nitrogens with one attached hydrogen (secondary N) is 1. The number of amides is 2. The number of furan rings is 1. The van der Waals surface area contributed by atoms with Gasteiger partial charge in [-0.2, -0.15) is 0 Å². The number of carbonyl (C=O) groups is 3. The molecule has 22 heavy (non-hydrogen) atoms. The Morgan fingerprint density at radius 3 is 2.86 bits per heavy atom. The normalized spacial score (nSPS) is 21.4. The van der Waals surface area contributed by atoms with Gasteiger partial charge in [0.2, 0.25) is 5.91 Å². The lowest BCUT2D eigenvalue weighted by Crippen LogP contribution is -2.50. The molecule has 2 rings (SSSR count). The SMILES string of the molecule is CC1CCN(C(=O)CCNC(=O)c2ccco2)C(C(=O)O)C1. The maximum absolute atomic E-state index is 12.2. The van der Waals surface area contributed by atoms with Crippen molar-refractivity contribution in [2.24, 2.45) is 5.92 Å². The molecule has 120 valence electrons. The predicted octanol–water partition coefficient (Wildman–Crippen LogP) is 1.11. The average molecular weight is 308 g/mol. The number of aliphatic carboxylic acids is 1. The molecule has 2 heterocycles. The number of nitrogens with zero attached hydrogens (tertiary/aromatic N) is 1. The fraction of sp³-hybridized carbons (Fsp3) is 0.533. The van der Waals surface area contributed by atoms with Crippen LogP contribution in [0.15, 0.2) is 22.8 Å². The van der Waals surface area contributed by atoms with Crippen LogP contribution in [0.5, 0.6) is 0 Å². The highest BCUT2D eigenvalue weighted by atomic mass is 16.4. The van der Waals surface area contributed by atoms with Gasteiger partial charge in [-0.25, -0.2) is 4.79 Å². The minimum absolute atomic E-state index is 0.0740. The van der Waals surface area contributed by atoms with Crippen molar-refractivity contribution in [2.75, 3.05) is 13.1 Å². The Labute approximate surface area is 128 Å². The largest absolute Gasteiger partial charge is 0.480 e. The molecule has 2 unspecified atom stereocenters. The highest BCUT2D eigenvalue weighted by molar-refractivity contribution is 5.91. The summed E-state index contributed by atoms with van der Waals surface area (Å²) in [5, 5.41) is 11.8. The number of hydrogen-bond acceptors (Lipinski definition) is 4. The summed E-state index contributed by atoms with van der Waals surface area (Å²) in [4.78, 5) is 36.5. The van der Waals surface area contributed by atoms with E-state index in [-0.39, 0.29) is 30.5 Å². The fourth-order valence-electron chi connectivity index (χ4n) is 2.60. The van der Waals surface area contributed by atoms with E-state index in [0.29, 0.717) is 18.9 Å². The van der Waals surface area contributed by atoms with Gasteiger partial charge in [0.1, 0.15) is 6.04 Å². The summed E-state index contributed by atoms with van der Waals surface area (Å²) in [7, 11) is 0. The zero-order valence-corrected chi connectivity index (χ0v) is 12.4. The summed E-state index contributed by atoms with van der Waals surface area (Å²) in [6.45, 7) is 2.58. The standard InChI is InChI=1S/C15H20N2O5/c1-10-5-7-17(11(9-10)15(20)21)13(18)4-6-16-14(19)12-3-2-8-22-12/h2-3,8,10-11H,4-7,9H2,1H3,(H,16,19)(H,20,21). The van der Waals surface area contributed by atoms with Gasteiger partial charge in [0, 0.05) is 19.5 Å². The topological polar surface area (TPSA) is 99.9 Å². The molecule has 0 bridgehead atoms. The molecule has 0 spiro atoms. The second-order valence-corrected chi connectivity index (χ2v) is 5.55. The minimum Gasteiger partial charge on any atom is -0.480 e. The van der Waals surface area contributed by atoms with Crippen molar-refractivity contribution in [2.45, 2.75) is 32.2 Å². The number of rotatable bonds is 5. The van der Waals surface area contributed by atoms with Crippen molar-refractivity contribution in [3.05, 3.63) is 24.2 Å². The van der Waals surface area contributed by atoms with E-state index in [0.717, 1.165) is 6.42 Å². The third kappa shape index (κ3) is 3.87. The van der Waals surface area contributed by atoms with Crippen molar-refractivity contribution < 1.29 is 23.9 Å². The molecule has 1 aliphatic rings. The summed E-state index contributed by atoms with van der Waals surface area (Å²) >= 11 is 0. The zero-order chi connectivity index (χ0) is 16.1. The molecule has 1 aromatic heterocycles. The van der Waals surface area contributed by atoms with Crippen molar-refractivity contribution in [3.8, 4) is 0 Å². The van der Waals surface area contributed by atoms with Gasteiger partial charge in [0.15, 0.2) is 5.76 Å². The Morgan fingerprint density at radius 2 is 2.23 bits per heavy atom. The Hall–Kier alpha value is -2.31. The Balaban J connectivity index is 1.83. The second kappa shape index (κ2) is 7.11. The molecule has 1 fully saturated rings. The van der Waals surface area contributed by atoms with E-state index in [1.54, 1.807) is 6.07 Å². The molecule has 0 radical (unpaired) electrons. The first kappa shape index (κ1) is 16.1. The Morgan fingerprint density at radius 1 is 1.45 bits per heavy atom. The molecular weight excluding hydrogens is 288 g/mol. The minimum atomic E-state index is -0.973. The molecule has 1 aromatic rings. The van der Waals surface area contributed by atoms with Gasteiger partial charge in [-0.1, -0.05) is 6.92 Å². The summed E-state index contributed by atoms with van der Waals surface area (Å²) < 4.78 is 4.94. The number of carboxylic acid groups (broad SMARTS) is 1. The second-order valence-electron chi connectivity index (χ2n) is 5.55. The Kier molecular flexibility index (Phi) is 5.19. The van der Waals surface area contributed by atoms with E-state index >= 15 is 0 Å². The first-order valence-corrected chi connectivity index (χ1v) is 7.33. The van der Waals surface area contributed by atoms with Gasteiger partial charge in [0.05, 0.1) is 6.26 Å². The molecule has 2 amide bonds. The van der Waals surface area contributed by atoms with Crippen LogP contribution in [0.25, 0.3) is 0 Å². The highest BCUT2D eigenvalue weighted by Gasteiger charge is 2.34. The Bertz CT molecular complexity index is 540. The van der Waals surface area contributed by atoms with Gasteiger partial charge in [-0.05, 0) is 30.9 Å². The van der Waals surface area contributed by atoms with Crippen LogP contribution in [0.1, 0.15) is 36.7 Å². The number of piperidine rings is 1. The molecule has 0 aromatic carbocycles. The summed E-state index contributed by atoms with van der Waals surface area (Å²) in [5.41, 5.74) is 0. The lowest BCUT2D eigenvalue weighted by Gasteiger charge is -2.36. The number of carboxylic acids is 1. The van der Waals surface area contributed by atoms with E-state index < -0.39 is 12.0 Å². The highest BCUT2D eigenvalue weighted by Crippen LogP contribution is 2.23. The van der Waals surface area contributed by atoms with Crippen molar-refractivity contribution in [1.82, 2.24) is 10.2 Å². The van der Waals surface area contributed by atoms with Crippen molar-refractivity contribution >= 4 is 17.8 Å². The molecule has 0 aliphatic carbocycles. The molecule has 7 nitrogen and oxygen atoms in total. The first-order chi connectivity index (χ1) is 10.5. The number of carbonyl (C=O) groups excluding carboxylic acids is 2. The zero-order valence-electron chi connectivity index (χ0n) is 12.4. The van der Waals surface area contributed by atoms with Crippen molar-refractivity contribution in [1.29, 1.82) is 0 Å². The molecule has 0 saturated carbocycles. The first-order valence-electron chi connectivity index (χ1n) is 7.33. The van der Waals surface area contributed by atoms with Crippen LogP contribution in [-0.4, -0.2) is 46.9 Å². The third-order valence-corrected chi connectivity index (χ3v) is 3.84. The van der Waals surface area contributed by atoms with Crippen LogP contribution in [0.3, 0.4) is 0 Å². The van der Waals surface area contributed by atoms with Gasteiger partial charge in [-0.3, -0.25) is 9.59 Å². The monoisotopic (exact) mass is 308 g/mol. The van der Waals surface area contributed by atoms with E-state index in [2.05, 4.69) is 5.32 Å². The van der Waals surface area contributed by atoms with E-state index in [9.17, 15) is 19.5 Å². The summed E-state index contributed by atoms with van der Waals surface area (Å²) in [5.74, 6) is -1.13. The molecule has 7 heteroatoms. The third-order valence-electron chi connectivity index (χ3n) is 3.84. The predicted molar refractivity (Wildman–Crippen MR) is 77.2 cm³/mol. The number of likely N-dealkylation sites (tertiary alicyclic amines) is 1. The smallest absolute Gasteiger partial charge is 0.326 e. The van der Waals surface area contributed by atoms with E-state index in [4.69, 9.17) is 4.42 Å². The van der Waals surface area contributed by atoms with Crippen LogP contribution in [0.4, 0.5) is 0 Å². The maximum Gasteiger partial charge on any atom is 0.326 e. The van der Waals surface area contributed by atoms with Gasteiger partial charge in [-0.15, -0.1) is 0 Å². The van der Waals surface area contributed by atoms with Crippen LogP contribution >= 0.6 is 0 Å². The summed E-state index contributed by atoms with van der Waals surface area (Å²) in [6, 6.07) is 2.37. The number of hydrogen-bond donors (Lipinski definition) is 2. The molecular formula is C15H20N2O5. The molecule has 1 aliphatic heterocycles. The van der Waals surface area contributed by atoms with Crippen LogP contribution in [-0.2, 0) is 9.59 Å². The van der Waals surface area contributed by atoms with Gasteiger partial charge in [0.25, 0.3) is 5.91 Å². The molecule has 1 saturated heterocycles. The summed E-state index contributed by atoms with van der Waals surface area (Å²) in [6.07, 6.45) is 2.74. The quantitative estimate of drug-likeness (QED) is 0.849. The fourth-order valence-corrected chi connectivity index (χ4v) is 2.60. The van der Waals surface area contributed by atoms with Gasteiger partial charge >= 0.3 is 5.97 Å². The van der Waals surface area contributed by atoms with Crippen molar-refractivity contribution in [3.63, 3.8) is 0 Å². The van der Waals surface area contributed by atoms with Crippen LogP contribution in [0.2, 0.25) is 0 Å². The van der Waals surface area contributed by atoms with Crippen LogP contribution in [0, 0.1) is 5.92 Å². The molecule has 2 N–H and O–H groups in total. The lowest BCUT2D eigenvalue weighted by molar-refractivity contribution is -0.153. The van der Waals surface area contributed by atoms with Crippen LogP contribution < -0.4 is 5.32 Å².